The number of cyclic esters (lactones) is 1. The summed E-state index contributed by atoms with van der Waals surface area (Å²) in [5, 5.41) is 0. The summed E-state index contributed by atoms with van der Waals surface area (Å²) >= 11 is 0. The monoisotopic (exact) mass is 442 g/mol. The number of hydrogen-bond donors (Lipinski definition) is 0. The molecule has 9 atom stereocenters. The van der Waals surface area contributed by atoms with E-state index in [-0.39, 0.29) is 46.8 Å². The van der Waals surface area contributed by atoms with Gasteiger partial charge in [0.1, 0.15) is 17.5 Å². The molecule has 0 aromatic rings. The first-order valence-corrected chi connectivity index (χ1v) is 12.2. The van der Waals surface area contributed by atoms with Gasteiger partial charge < -0.3 is 14.2 Å². The van der Waals surface area contributed by atoms with Crippen LogP contribution in [0.3, 0.4) is 0 Å². The van der Waals surface area contributed by atoms with Crippen molar-refractivity contribution in [2.45, 2.75) is 78.1 Å². The molecule has 0 aromatic carbocycles. The molecule has 0 bridgehead atoms. The third-order valence-corrected chi connectivity index (χ3v) is 10.9. The molecular weight excluding hydrogens is 408 g/mol. The fourth-order valence-corrected chi connectivity index (χ4v) is 9.16. The van der Waals surface area contributed by atoms with E-state index < -0.39 is 27.9 Å². The average Bonchev–Trinajstić information content (AvgIpc) is 3.30. The highest BCUT2D eigenvalue weighted by Crippen LogP contribution is 2.77. The molecule has 3 aliphatic carbocycles. The predicted octanol–water partition coefficient (Wildman–Crippen LogP) is 3.27. The molecule has 3 aliphatic heterocycles. The second kappa shape index (κ2) is 5.93. The van der Waals surface area contributed by atoms with Gasteiger partial charge in [-0.05, 0) is 49.5 Å². The first kappa shape index (κ1) is 21.0. The number of rotatable bonds is 1. The highest BCUT2D eigenvalue weighted by atomic mass is 16.7. The van der Waals surface area contributed by atoms with Gasteiger partial charge in [-0.3, -0.25) is 9.59 Å². The van der Waals surface area contributed by atoms with Gasteiger partial charge in [0.15, 0.2) is 11.9 Å². The van der Waals surface area contributed by atoms with Gasteiger partial charge in [-0.15, -0.1) is 0 Å². The summed E-state index contributed by atoms with van der Waals surface area (Å²) in [6.07, 6.45) is 5.37. The van der Waals surface area contributed by atoms with E-state index in [2.05, 4.69) is 27.7 Å². The number of Topliss-reactive ketones (excluding diaryl/α,β-unsaturated/α-hetero) is 1. The lowest BCUT2D eigenvalue weighted by Gasteiger charge is -2.66. The minimum atomic E-state index is -0.901. The number of ether oxygens (including phenoxy) is 3. The van der Waals surface area contributed by atoms with Gasteiger partial charge in [-0.25, -0.2) is 4.79 Å². The van der Waals surface area contributed by atoms with Crippen molar-refractivity contribution in [3.05, 3.63) is 12.2 Å². The van der Waals surface area contributed by atoms with Crippen molar-refractivity contribution >= 4 is 17.5 Å². The molecular formula is C26H34O6. The number of allylic oxidation sites excluding steroid dienone is 2. The number of epoxide rings is 1. The second-order valence-electron chi connectivity index (χ2n) is 12.4. The minimum Gasteiger partial charge on any atom is -0.459 e. The third kappa shape index (κ3) is 2.05. The summed E-state index contributed by atoms with van der Waals surface area (Å²) < 4.78 is 18.0. The molecule has 6 aliphatic rings. The number of esters is 1. The molecule has 0 radical (unpaired) electrons. The zero-order valence-corrected chi connectivity index (χ0v) is 19.7. The van der Waals surface area contributed by atoms with Crippen LogP contribution in [0.15, 0.2) is 12.2 Å². The minimum absolute atomic E-state index is 0.0504. The van der Waals surface area contributed by atoms with E-state index in [1.165, 1.54) is 0 Å². The van der Waals surface area contributed by atoms with Crippen molar-refractivity contribution in [2.75, 3.05) is 13.2 Å². The number of carbonyl (C=O) groups excluding carboxylic acids is 3. The van der Waals surface area contributed by atoms with Crippen molar-refractivity contribution in [1.29, 1.82) is 0 Å². The second-order valence-corrected chi connectivity index (χ2v) is 12.4. The molecule has 5 unspecified atom stereocenters. The van der Waals surface area contributed by atoms with Crippen LogP contribution in [0.1, 0.15) is 60.3 Å². The number of fused-ring (bicyclic) bond motifs is 3. The first-order valence-electron chi connectivity index (χ1n) is 12.2. The molecule has 0 amide bonds. The van der Waals surface area contributed by atoms with Crippen molar-refractivity contribution in [2.24, 2.45) is 39.4 Å². The lowest BCUT2D eigenvalue weighted by Crippen LogP contribution is -2.73. The molecule has 1 spiro atoms. The van der Waals surface area contributed by atoms with Gasteiger partial charge in [0.25, 0.3) is 0 Å². The highest BCUT2D eigenvalue weighted by molar-refractivity contribution is 6.01. The Labute approximate surface area is 189 Å². The lowest BCUT2D eigenvalue weighted by molar-refractivity contribution is -0.218. The fourth-order valence-electron chi connectivity index (χ4n) is 9.16. The maximum absolute atomic E-state index is 14.1. The topological polar surface area (TPSA) is 82.2 Å². The van der Waals surface area contributed by atoms with Gasteiger partial charge >= 0.3 is 5.97 Å². The number of hydrogen-bond acceptors (Lipinski definition) is 6. The average molecular weight is 443 g/mol. The van der Waals surface area contributed by atoms with E-state index in [9.17, 15) is 14.4 Å². The van der Waals surface area contributed by atoms with Crippen LogP contribution in [-0.4, -0.2) is 48.6 Å². The van der Waals surface area contributed by atoms with Crippen LogP contribution in [0.25, 0.3) is 0 Å². The van der Waals surface area contributed by atoms with E-state index in [1.807, 2.05) is 13.0 Å². The van der Waals surface area contributed by atoms with Gasteiger partial charge in [0, 0.05) is 29.8 Å². The van der Waals surface area contributed by atoms with Crippen LogP contribution < -0.4 is 0 Å². The third-order valence-electron chi connectivity index (χ3n) is 10.9. The maximum atomic E-state index is 14.1. The molecule has 2 saturated carbocycles. The summed E-state index contributed by atoms with van der Waals surface area (Å²) in [4.78, 5) is 40.7. The van der Waals surface area contributed by atoms with Gasteiger partial charge in [-0.2, -0.15) is 0 Å². The maximum Gasteiger partial charge on any atom is 0.338 e. The molecule has 6 heteroatoms. The van der Waals surface area contributed by atoms with E-state index in [0.29, 0.717) is 19.6 Å². The highest BCUT2D eigenvalue weighted by Gasteiger charge is 2.88. The molecule has 6 rings (SSSR count). The Morgan fingerprint density at radius 1 is 1.00 bits per heavy atom. The van der Waals surface area contributed by atoms with E-state index in [1.54, 1.807) is 6.08 Å². The van der Waals surface area contributed by atoms with Crippen molar-refractivity contribution in [3.63, 3.8) is 0 Å². The van der Waals surface area contributed by atoms with Gasteiger partial charge in [0.2, 0.25) is 0 Å². The molecule has 5 fully saturated rings. The normalized spacial score (nSPS) is 55.4. The largest absolute Gasteiger partial charge is 0.459 e. The zero-order chi connectivity index (χ0) is 22.9. The quantitative estimate of drug-likeness (QED) is 0.458. The number of carbonyl (C=O) groups is 3. The Hall–Kier alpha value is -1.53. The number of ketones is 2. The Morgan fingerprint density at radius 3 is 2.44 bits per heavy atom. The van der Waals surface area contributed by atoms with Gasteiger partial charge in [0.05, 0.1) is 12.0 Å². The first-order chi connectivity index (χ1) is 14.9. The van der Waals surface area contributed by atoms with Crippen molar-refractivity contribution < 1.29 is 28.6 Å². The Balaban J connectivity index is 1.51. The summed E-state index contributed by atoms with van der Waals surface area (Å²) in [5.74, 6) is -0.191. The van der Waals surface area contributed by atoms with Crippen molar-refractivity contribution in [3.8, 4) is 0 Å². The van der Waals surface area contributed by atoms with Crippen LogP contribution in [0, 0.1) is 39.4 Å². The molecule has 174 valence electrons. The van der Waals surface area contributed by atoms with Crippen LogP contribution in [0.2, 0.25) is 0 Å². The summed E-state index contributed by atoms with van der Waals surface area (Å²) in [5.41, 5.74) is -3.17. The Kier molecular flexibility index (Phi) is 3.90. The fraction of sp³-hybridized carbons (Fsp3) is 0.808. The molecule has 3 saturated heterocycles. The van der Waals surface area contributed by atoms with E-state index in [4.69, 9.17) is 14.2 Å². The van der Waals surface area contributed by atoms with E-state index >= 15 is 0 Å². The Morgan fingerprint density at radius 2 is 1.75 bits per heavy atom. The van der Waals surface area contributed by atoms with Crippen LogP contribution in [0.4, 0.5) is 0 Å². The van der Waals surface area contributed by atoms with Gasteiger partial charge in [-0.1, -0.05) is 33.8 Å². The molecule has 32 heavy (non-hydrogen) atoms. The molecule has 3 heterocycles. The zero-order valence-electron chi connectivity index (χ0n) is 19.7. The Bertz CT molecular complexity index is 961. The summed E-state index contributed by atoms with van der Waals surface area (Å²) in [6, 6.07) is 0. The predicted molar refractivity (Wildman–Crippen MR) is 114 cm³/mol. The standard InChI is InChI=1S/C26H34O6/c1-22(2)9-7-17(27)24(4)15-6-10-23(3)19(14-8-11-30-13-14)31-21(29)20-26(23,32-20)25(15,5)18(28)12-16(22)24/h7,9,14-16,19-20H,6,8,10-13H2,1-5H3/t14?,15?,16?,19-,20?,23-,24+,25-,26?/m0/s1. The van der Waals surface area contributed by atoms with Crippen LogP contribution in [0.5, 0.6) is 0 Å². The summed E-state index contributed by atoms with van der Waals surface area (Å²) in [6.45, 7) is 11.7. The molecule has 0 N–H and O–H groups in total. The molecule has 0 aromatic heterocycles. The van der Waals surface area contributed by atoms with Crippen LogP contribution >= 0.6 is 0 Å². The SMILES string of the molecule is CC1(C)C=CC(=O)[C@@]2(C)C1CC(=O)[C@]1(C)C2CC[C@@]2(C)[C@H](C3CCOC3)OC(=O)C3OC321. The van der Waals surface area contributed by atoms with Crippen LogP contribution in [-0.2, 0) is 28.6 Å². The smallest absolute Gasteiger partial charge is 0.338 e. The molecule has 6 nitrogen and oxygen atoms in total. The lowest BCUT2D eigenvalue weighted by atomic mass is 9.35. The van der Waals surface area contributed by atoms with Crippen molar-refractivity contribution in [1.82, 2.24) is 0 Å². The van der Waals surface area contributed by atoms with E-state index in [0.717, 1.165) is 19.3 Å². The summed E-state index contributed by atoms with van der Waals surface area (Å²) in [7, 11) is 0.